The van der Waals surface area contributed by atoms with Crippen LogP contribution in [0, 0.1) is 5.82 Å². The number of hydrogen-bond donors (Lipinski definition) is 2. The Bertz CT molecular complexity index is 724. The number of hydrogen-bond acceptors (Lipinski definition) is 2. The second kappa shape index (κ2) is 7.97. The summed E-state index contributed by atoms with van der Waals surface area (Å²) in [6, 6.07) is 8.94. The lowest BCUT2D eigenvalue weighted by atomic mass is 10.1. The summed E-state index contributed by atoms with van der Waals surface area (Å²) in [5.41, 5.74) is 0.860. The van der Waals surface area contributed by atoms with E-state index in [0.29, 0.717) is 15.1 Å². The zero-order chi connectivity index (χ0) is 17.0. The van der Waals surface area contributed by atoms with Crippen molar-refractivity contribution in [2.75, 3.05) is 11.9 Å². The Morgan fingerprint density at radius 2 is 1.78 bits per heavy atom. The third-order valence-electron chi connectivity index (χ3n) is 3.20. The normalized spacial score (nSPS) is 12.0. The van der Waals surface area contributed by atoms with Crippen molar-refractivity contribution in [3.63, 3.8) is 0 Å². The van der Waals surface area contributed by atoms with E-state index in [1.807, 2.05) is 6.92 Å². The zero-order valence-electron chi connectivity index (χ0n) is 12.2. The summed E-state index contributed by atoms with van der Waals surface area (Å²) in [6.07, 6.45) is 0. The van der Waals surface area contributed by atoms with Gasteiger partial charge in [0.05, 0.1) is 12.2 Å². The first-order valence-corrected chi connectivity index (χ1v) is 7.93. The number of amides is 1. The molecule has 0 aliphatic carbocycles. The maximum Gasteiger partial charge on any atom is 0.238 e. The van der Waals surface area contributed by atoms with Crippen LogP contribution in [-0.4, -0.2) is 12.5 Å². The predicted molar refractivity (Wildman–Crippen MR) is 92.9 cm³/mol. The number of nitrogens with one attached hydrogen (secondary N) is 2. The highest BCUT2D eigenvalue weighted by atomic mass is 35.5. The molecule has 0 bridgehead atoms. The van der Waals surface area contributed by atoms with Crippen molar-refractivity contribution in [1.29, 1.82) is 0 Å². The minimum absolute atomic E-state index is 0.00786. The molecule has 1 atom stereocenters. The molecule has 23 heavy (non-hydrogen) atoms. The van der Waals surface area contributed by atoms with Crippen LogP contribution in [0.1, 0.15) is 18.5 Å². The van der Waals surface area contributed by atoms with Gasteiger partial charge in [-0.2, -0.15) is 0 Å². The number of carbonyl (C=O) groups excluding carboxylic acids is 1. The number of anilines is 1. The van der Waals surface area contributed by atoms with E-state index >= 15 is 0 Å². The SMILES string of the molecule is C[C@H](NCC(=O)Nc1cc(Cl)ccc1F)c1ccc(Cl)cc1Cl. The van der Waals surface area contributed by atoms with E-state index < -0.39 is 5.82 Å². The molecule has 0 aliphatic rings. The van der Waals surface area contributed by atoms with Gasteiger partial charge in [0.1, 0.15) is 5.82 Å². The van der Waals surface area contributed by atoms with Crippen LogP contribution < -0.4 is 10.6 Å². The second-order valence-corrected chi connectivity index (χ2v) is 6.22. The first kappa shape index (κ1) is 18.0. The van der Waals surface area contributed by atoms with Crippen LogP contribution in [0.5, 0.6) is 0 Å². The fourth-order valence-corrected chi connectivity index (χ4v) is 2.74. The van der Waals surface area contributed by atoms with Crippen molar-refractivity contribution in [1.82, 2.24) is 5.32 Å². The van der Waals surface area contributed by atoms with E-state index in [1.54, 1.807) is 18.2 Å². The van der Waals surface area contributed by atoms with E-state index in [-0.39, 0.29) is 24.2 Å². The van der Waals surface area contributed by atoms with Crippen molar-refractivity contribution < 1.29 is 9.18 Å². The minimum atomic E-state index is -0.545. The number of carbonyl (C=O) groups is 1. The molecule has 2 N–H and O–H groups in total. The highest BCUT2D eigenvalue weighted by Gasteiger charge is 2.12. The Morgan fingerprint density at radius 1 is 1.13 bits per heavy atom. The lowest BCUT2D eigenvalue weighted by Gasteiger charge is -2.16. The molecule has 2 rings (SSSR count). The van der Waals surface area contributed by atoms with Gasteiger partial charge in [-0.1, -0.05) is 40.9 Å². The first-order valence-electron chi connectivity index (χ1n) is 6.80. The standard InChI is InChI=1S/C16H14Cl3FN2O/c1-9(12-4-2-10(17)6-13(12)19)21-8-16(23)22-15-7-11(18)3-5-14(15)20/h2-7,9,21H,8H2,1H3,(H,22,23)/t9-/m0/s1. The van der Waals surface area contributed by atoms with Gasteiger partial charge in [-0.05, 0) is 42.8 Å². The van der Waals surface area contributed by atoms with Gasteiger partial charge >= 0.3 is 0 Å². The average Bonchev–Trinajstić information content (AvgIpc) is 2.48. The van der Waals surface area contributed by atoms with Gasteiger partial charge in [-0.3, -0.25) is 4.79 Å². The van der Waals surface area contributed by atoms with E-state index in [1.165, 1.54) is 18.2 Å². The van der Waals surface area contributed by atoms with Gasteiger partial charge in [0.15, 0.2) is 0 Å². The summed E-state index contributed by atoms with van der Waals surface area (Å²) >= 11 is 17.7. The molecular weight excluding hydrogens is 362 g/mol. The van der Waals surface area contributed by atoms with Crippen LogP contribution in [0.3, 0.4) is 0 Å². The smallest absolute Gasteiger partial charge is 0.238 e. The van der Waals surface area contributed by atoms with E-state index in [2.05, 4.69) is 10.6 Å². The molecule has 0 aromatic heterocycles. The summed E-state index contributed by atoms with van der Waals surface area (Å²) in [5.74, 6) is -0.931. The second-order valence-electron chi connectivity index (χ2n) is 4.94. The minimum Gasteiger partial charge on any atom is -0.322 e. The van der Waals surface area contributed by atoms with Gasteiger partial charge in [0.25, 0.3) is 0 Å². The fraction of sp³-hybridized carbons (Fsp3) is 0.188. The molecule has 0 radical (unpaired) electrons. The van der Waals surface area contributed by atoms with Gasteiger partial charge in [0.2, 0.25) is 5.91 Å². The molecule has 0 aliphatic heterocycles. The summed E-state index contributed by atoms with van der Waals surface area (Å²) in [5, 5.41) is 6.88. The molecule has 122 valence electrons. The molecule has 0 saturated heterocycles. The summed E-state index contributed by atoms with van der Waals surface area (Å²) < 4.78 is 13.6. The zero-order valence-corrected chi connectivity index (χ0v) is 14.4. The van der Waals surface area contributed by atoms with Crippen molar-refractivity contribution in [2.45, 2.75) is 13.0 Å². The van der Waals surface area contributed by atoms with Crippen LogP contribution in [0.25, 0.3) is 0 Å². The van der Waals surface area contributed by atoms with E-state index in [9.17, 15) is 9.18 Å². The lowest BCUT2D eigenvalue weighted by Crippen LogP contribution is -2.30. The number of rotatable bonds is 5. The first-order chi connectivity index (χ1) is 10.9. The Labute approximate surface area is 148 Å². The Kier molecular flexibility index (Phi) is 6.25. The number of halogens is 4. The van der Waals surface area contributed by atoms with Crippen LogP contribution in [0.4, 0.5) is 10.1 Å². The third-order valence-corrected chi connectivity index (χ3v) is 4.00. The largest absolute Gasteiger partial charge is 0.322 e. The summed E-state index contributed by atoms with van der Waals surface area (Å²) in [6.45, 7) is 1.86. The molecule has 7 heteroatoms. The van der Waals surface area contributed by atoms with Crippen LogP contribution >= 0.6 is 34.8 Å². The fourth-order valence-electron chi connectivity index (χ4n) is 2.00. The van der Waals surface area contributed by atoms with Gasteiger partial charge in [-0.15, -0.1) is 0 Å². The molecule has 1 amide bonds. The van der Waals surface area contributed by atoms with Gasteiger partial charge < -0.3 is 10.6 Å². The lowest BCUT2D eigenvalue weighted by molar-refractivity contribution is -0.115. The maximum absolute atomic E-state index is 13.6. The van der Waals surface area contributed by atoms with Crippen molar-refractivity contribution in [3.8, 4) is 0 Å². The van der Waals surface area contributed by atoms with Crippen molar-refractivity contribution >= 4 is 46.4 Å². The monoisotopic (exact) mass is 374 g/mol. The topological polar surface area (TPSA) is 41.1 Å². The molecular formula is C16H14Cl3FN2O. The highest BCUT2D eigenvalue weighted by molar-refractivity contribution is 6.35. The van der Waals surface area contributed by atoms with Crippen LogP contribution in [0.15, 0.2) is 36.4 Å². The van der Waals surface area contributed by atoms with Crippen LogP contribution in [0.2, 0.25) is 15.1 Å². The van der Waals surface area contributed by atoms with Crippen molar-refractivity contribution in [3.05, 3.63) is 62.8 Å². The molecule has 2 aromatic rings. The molecule has 0 unspecified atom stereocenters. The van der Waals surface area contributed by atoms with Crippen LogP contribution in [-0.2, 0) is 4.79 Å². The average molecular weight is 376 g/mol. The Balaban J connectivity index is 1.94. The summed E-state index contributed by atoms with van der Waals surface area (Å²) in [7, 11) is 0. The summed E-state index contributed by atoms with van der Waals surface area (Å²) in [4.78, 5) is 11.9. The van der Waals surface area contributed by atoms with E-state index in [4.69, 9.17) is 34.8 Å². The third kappa shape index (κ3) is 5.08. The predicted octanol–water partition coefficient (Wildman–Crippen LogP) is 5.08. The molecule has 0 spiro atoms. The maximum atomic E-state index is 13.6. The molecule has 0 heterocycles. The van der Waals surface area contributed by atoms with Gasteiger partial charge in [-0.25, -0.2) is 4.39 Å². The highest BCUT2D eigenvalue weighted by Crippen LogP contribution is 2.26. The molecule has 0 saturated carbocycles. The van der Waals surface area contributed by atoms with E-state index in [0.717, 1.165) is 5.56 Å². The van der Waals surface area contributed by atoms with Gasteiger partial charge in [0, 0.05) is 21.1 Å². The Morgan fingerprint density at radius 3 is 2.48 bits per heavy atom. The molecule has 0 fully saturated rings. The Hall–Kier alpha value is -1.33. The van der Waals surface area contributed by atoms with Crippen molar-refractivity contribution in [2.24, 2.45) is 0 Å². The number of benzene rings is 2. The molecule has 3 nitrogen and oxygen atoms in total. The quantitative estimate of drug-likeness (QED) is 0.765. The molecule has 2 aromatic carbocycles.